The van der Waals surface area contributed by atoms with Crippen LogP contribution in [0.25, 0.3) is 69.3 Å². The lowest BCUT2D eigenvalue weighted by atomic mass is 9.86. The maximum Gasteiger partial charge on any atom is 0.157 e. The Hall–Kier alpha value is -6.23. The maximum atomic E-state index is 6.52. The predicted octanol–water partition coefficient (Wildman–Crippen LogP) is 12.0. The van der Waals surface area contributed by atoms with E-state index in [1.54, 1.807) is 0 Å². The van der Waals surface area contributed by atoms with E-state index in [1.807, 2.05) is 29.5 Å². The van der Waals surface area contributed by atoms with Crippen LogP contribution in [0.2, 0.25) is 0 Å². The Morgan fingerprint density at radius 2 is 1.16 bits per heavy atom. The van der Waals surface area contributed by atoms with Gasteiger partial charge in [0.2, 0.25) is 0 Å². The molecule has 0 saturated carbocycles. The zero-order valence-corrected chi connectivity index (χ0v) is 27.7. The molecule has 0 saturated heterocycles. The fraction of sp³-hybridized carbons (Fsp3) is 0.0217. The lowest BCUT2D eigenvalue weighted by Crippen LogP contribution is -2.33. The molecule has 0 spiro atoms. The zero-order valence-electron chi connectivity index (χ0n) is 26.9. The zero-order chi connectivity index (χ0) is 32.8. The molecule has 4 heteroatoms. The van der Waals surface area contributed by atoms with Crippen LogP contribution in [0.4, 0.5) is 0 Å². The third kappa shape index (κ3) is 4.00. The van der Waals surface area contributed by atoms with Crippen molar-refractivity contribution in [2.45, 2.75) is 6.04 Å². The van der Waals surface area contributed by atoms with Crippen molar-refractivity contribution in [3.8, 4) is 16.9 Å². The Kier molecular flexibility index (Phi) is 5.89. The van der Waals surface area contributed by atoms with Crippen molar-refractivity contribution in [2.75, 3.05) is 0 Å². The topological polar surface area (TPSA) is 33.6 Å². The van der Waals surface area contributed by atoms with Gasteiger partial charge in [-0.25, -0.2) is 4.99 Å². The number of rotatable bonds is 3. The number of para-hydroxylation sites is 1. The van der Waals surface area contributed by atoms with Crippen LogP contribution in [0.15, 0.2) is 168 Å². The molecule has 1 N–H and O–H groups in total. The van der Waals surface area contributed by atoms with Crippen molar-refractivity contribution >= 4 is 75.4 Å². The highest BCUT2D eigenvalue weighted by Gasteiger charge is 2.36. The first-order valence-corrected chi connectivity index (χ1v) is 17.8. The van der Waals surface area contributed by atoms with Crippen LogP contribution in [0.3, 0.4) is 0 Å². The Morgan fingerprint density at radius 3 is 2.00 bits per heavy atom. The van der Waals surface area contributed by atoms with Crippen molar-refractivity contribution < 1.29 is 4.74 Å². The average Bonchev–Trinajstić information content (AvgIpc) is 3.76. The number of hydrogen-bond acceptors (Lipinski definition) is 4. The molecule has 0 fully saturated rings. The molecule has 0 radical (unpaired) electrons. The van der Waals surface area contributed by atoms with Gasteiger partial charge in [0.15, 0.2) is 5.76 Å². The van der Waals surface area contributed by atoms with Gasteiger partial charge in [-0.2, -0.15) is 0 Å². The molecule has 1 unspecified atom stereocenters. The second-order valence-electron chi connectivity index (χ2n) is 13.1. The molecule has 11 rings (SSSR count). The molecule has 3 heterocycles. The largest absolute Gasteiger partial charge is 0.456 e. The van der Waals surface area contributed by atoms with Gasteiger partial charge in [0, 0.05) is 36.9 Å². The van der Waals surface area contributed by atoms with Crippen LogP contribution in [-0.2, 0) is 0 Å². The van der Waals surface area contributed by atoms with Gasteiger partial charge in [-0.1, -0.05) is 127 Å². The normalized spacial score (nSPS) is 15.4. The Labute approximate surface area is 292 Å². The highest BCUT2D eigenvalue weighted by Crippen LogP contribution is 2.48. The number of fused-ring (bicyclic) bond motifs is 12. The summed E-state index contributed by atoms with van der Waals surface area (Å²) in [4.78, 5) is 5.40. The number of amidine groups is 1. The lowest BCUT2D eigenvalue weighted by molar-refractivity contribution is 0.420. The van der Waals surface area contributed by atoms with E-state index in [1.165, 1.54) is 63.6 Å². The molecule has 0 aliphatic carbocycles. The van der Waals surface area contributed by atoms with Gasteiger partial charge in [-0.15, -0.1) is 11.3 Å². The number of aliphatic imine (C=N–C) groups is 1. The first kappa shape index (κ1) is 27.7. The fourth-order valence-corrected chi connectivity index (χ4v) is 9.26. The molecule has 234 valence electrons. The van der Waals surface area contributed by atoms with Crippen molar-refractivity contribution in [1.82, 2.24) is 5.32 Å². The van der Waals surface area contributed by atoms with Gasteiger partial charge in [0.05, 0.1) is 0 Å². The molecule has 1 aromatic heterocycles. The summed E-state index contributed by atoms with van der Waals surface area (Å²) in [6.45, 7) is 0. The number of nitrogens with zero attached hydrogens (tertiary/aromatic N) is 1. The van der Waals surface area contributed by atoms with Crippen LogP contribution in [-0.4, -0.2) is 5.84 Å². The minimum absolute atomic E-state index is 0.148. The number of nitrogens with one attached hydrogen (secondary N) is 1. The summed E-state index contributed by atoms with van der Waals surface area (Å²) >= 11 is 1.86. The highest BCUT2D eigenvalue weighted by atomic mass is 32.1. The highest BCUT2D eigenvalue weighted by molar-refractivity contribution is 7.25. The number of benzene rings is 8. The minimum Gasteiger partial charge on any atom is -0.456 e. The van der Waals surface area contributed by atoms with Crippen LogP contribution < -0.4 is 10.1 Å². The quantitative estimate of drug-likeness (QED) is 0.192. The summed E-state index contributed by atoms with van der Waals surface area (Å²) in [7, 11) is 0. The van der Waals surface area contributed by atoms with Crippen LogP contribution in [0, 0.1) is 0 Å². The monoisotopic (exact) mass is 656 g/mol. The molecule has 0 amide bonds. The summed E-state index contributed by atoms with van der Waals surface area (Å²) in [5.41, 5.74) is 6.49. The summed E-state index contributed by atoms with van der Waals surface area (Å²) < 4.78 is 9.11. The molecule has 8 aromatic carbocycles. The second kappa shape index (κ2) is 10.6. The molecule has 3 nitrogen and oxygen atoms in total. The summed E-state index contributed by atoms with van der Waals surface area (Å²) in [5, 5.41) is 13.9. The van der Waals surface area contributed by atoms with Gasteiger partial charge < -0.3 is 10.1 Å². The summed E-state index contributed by atoms with van der Waals surface area (Å²) in [5.74, 6) is 2.55. The van der Waals surface area contributed by atoms with Gasteiger partial charge in [0.25, 0.3) is 0 Å². The van der Waals surface area contributed by atoms with E-state index in [2.05, 4.69) is 145 Å². The van der Waals surface area contributed by atoms with Gasteiger partial charge in [-0.05, 0) is 73.8 Å². The molecular weight excluding hydrogens is 629 g/mol. The third-order valence-electron chi connectivity index (χ3n) is 10.3. The smallest absolute Gasteiger partial charge is 0.157 e. The maximum absolute atomic E-state index is 6.52. The van der Waals surface area contributed by atoms with Gasteiger partial charge in [-0.3, -0.25) is 0 Å². The van der Waals surface area contributed by atoms with E-state index in [0.29, 0.717) is 0 Å². The van der Waals surface area contributed by atoms with Crippen molar-refractivity contribution in [2.24, 2.45) is 4.99 Å². The molecule has 2 aliphatic rings. The Morgan fingerprint density at radius 1 is 0.500 bits per heavy atom. The van der Waals surface area contributed by atoms with Crippen molar-refractivity contribution in [3.63, 3.8) is 0 Å². The molecular formula is C46H28N2OS. The first-order valence-electron chi connectivity index (χ1n) is 17.0. The molecule has 0 bridgehead atoms. The van der Waals surface area contributed by atoms with E-state index in [-0.39, 0.29) is 6.04 Å². The predicted molar refractivity (Wildman–Crippen MR) is 210 cm³/mol. The van der Waals surface area contributed by atoms with E-state index in [9.17, 15) is 0 Å². The summed E-state index contributed by atoms with van der Waals surface area (Å²) in [6, 6.07) is 56.5. The van der Waals surface area contributed by atoms with Crippen LogP contribution in [0.5, 0.6) is 5.75 Å². The number of ether oxygens (including phenoxy) is 1. The van der Waals surface area contributed by atoms with Gasteiger partial charge in [0.1, 0.15) is 23.3 Å². The van der Waals surface area contributed by atoms with E-state index in [4.69, 9.17) is 9.73 Å². The van der Waals surface area contributed by atoms with Crippen LogP contribution >= 0.6 is 11.3 Å². The summed E-state index contributed by atoms with van der Waals surface area (Å²) in [6.07, 6.45) is 0. The lowest BCUT2D eigenvalue weighted by Gasteiger charge is -2.25. The average molecular weight is 657 g/mol. The van der Waals surface area contributed by atoms with Gasteiger partial charge >= 0.3 is 0 Å². The Balaban J connectivity index is 1.26. The van der Waals surface area contributed by atoms with Crippen molar-refractivity contribution in [3.05, 3.63) is 180 Å². The number of hydrogen-bond donors (Lipinski definition) is 1. The molecule has 1 atom stereocenters. The minimum atomic E-state index is -0.148. The Bertz CT molecular complexity index is 2940. The van der Waals surface area contributed by atoms with E-state index >= 15 is 0 Å². The van der Waals surface area contributed by atoms with E-state index < -0.39 is 0 Å². The first-order chi connectivity index (χ1) is 24.8. The second-order valence-corrected chi connectivity index (χ2v) is 14.2. The van der Waals surface area contributed by atoms with Crippen LogP contribution in [0.1, 0.15) is 22.7 Å². The van der Waals surface area contributed by atoms with Crippen molar-refractivity contribution in [1.29, 1.82) is 0 Å². The number of thiophene rings is 1. The molecule has 9 aromatic rings. The standard InChI is InChI=1S/C46H28N2OS/c1-2-13-27(14-3-1)43-45-44(34-19-8-10-22-38(34)49-45)48-46(47-43)28-25-36-31-17-5-4-15-29(31)30-16-6-7-18-32(30)41(36)37(26-28)33-21-12-24-40-42(33)35-20-9-11-23-39(35)50-40/h1-26,44H,(H,47,48). The molecule has 2 aliphatic heterocycles. The SMILES string of the molecule is c1ccc(C2=C3Oc4ccccc4C3NC(c3cc(-c4cccc5sc6ccccc6c45)c4c5ccccc5c5ccccc5c4c3)=N2)cc1. The van der Waals surface area contributed by atoms with E-state index in [0.717, 1.165) is 39.7 Å². The third-order valence-corrected chi connectivity index (χ3v) is 11.4. The fourth-order valence-electron chi connectivity index (χ4n) is 8.13. The molecule has 50 heavy (non-hydrogen) atoms.